The fourth-order valence-corrected chi connectivity index (χ4v) is 2.10. The molecule has 0 saturated heterocycles. The maximum absolute atomic E-state index is 11.9. The van der Waals surface area contributed by atoms with Gasteiger partial charge in [0.1, 0.15) is 5.75 Å². The Morgan fingerprint density at radius 2 is 2.04 bits per heavy atom. The number of benzene rings is 1. The second kappa shape index (κ2) is 9.53. The van der Waals surface area contributed by atoms with Gasteiger partial charge in [-0.3, -0.25) is 9.78 Å². The average molecular weight is 314 g/mol. The highest BCUT2D eigenvalue weighted by Crippen LogP contribution is 2.22. The lowest BCUT2D eigenvalue weighted by Gasteiger charge is -2.08. The van der Waals surface area contributed by atoms with Crippen molar-refractivity contribution >= 4 is 11.6 Å². The molecule has 23 heavy (non-hydrogen) atoms. The molecular formula is C17H22N4O2. The van der Waals surface area contributed by atoms with Gasteiger partial charge in [-0.15, -0.1) is 0 Å². The molecule has 1 amide bonds. The fourth-order valence-electron chi connectivity index (χ4n) is 2.10. The summed E-state index contributed by atoms with van der Waals surface area (Å²) < 4.78 is 5.59. The van der Waals surface area contributed by atoms with Crippen LogP contribution in [0.4, 0.5) is 5.69 Å². The molecule has 0 fully saturated rings. The molecule has 0 aliphatic rings. The Kier molecular flexibility index (Phi) is 7.00. The number of amides is 1. The molecule has 0 radical (unpaired) electrons. The van der Waals surface area contributed by atoms with Gasteiger partial charge >= 0.3 is 0 Å². The minimum Gasteiger partial charge on any atom is -0.437 e. The smallest absolute Gasteiger partial charge is 0.237 e. The molecule has 3 N–H and O–H groups in total. The summed E-state index contributed by atoms with van der Waals surface area (Å²) in [7, 11) is 0. The molecule has 0 spiro atoms. The standard InChI is InChI=1S/C17H22N4O2/c18-9-4-2-1-3-8-16(22)21-14-6-5-7-15(12-14)23-17-13-19-10-11-20-17/h5-7,10-13H,1-4,8-9,18H2,(H,21,22). The third-order valence-corrected chi connectivity index (χ3v) is 3.24. The van der Waals surface area contributed by atoms with Crippen molar-refractivity contribution in [3.05, 3.63) is 42.9 Å². The quantitative estimate of drug-likeness (QED) is 0.694. The van der Waals surface area contributed by atoms with Crippen LogP contribution in [0.25, 0.3) is 0 Å². The maximum atomic E-state index is 11.9. The number of carbonyl (C=O) groups excluding carboxylic acids is 1. The third-order valence-electron chi connectivity index (χ3n) is 3.24. The fraction of sp³-hybridized carbons (Fsp3) is 0.353. The zero-order valence-corrected chi connectivity index (χ0v) is 13.1. The van der Waals surface area contributed by atoms with E-state index in [2.05, 4.69) is 15.3 Å². The molecule has 122 valence electrons. The van der Waals surface area contributed by atoms with E-state index < -0.39 is 0 Å². The number of anilines is 1. The lowest BCUT2D eigenvalue weighted by molar-refractivity contribution is -0.116. The van der Waals surface area contributed by atoms with Crippen LogP contribution in [0.3, 0.4) is 0 Å². The summed E-state index contributed by atoms with van der Waals surface area (Å²) in [4.78, 5) is 19.9. The van der Waals surface area contributed by atoms with E-state index in [9.17, 15) is 4.79 Å². The van der Waals surface area contributed by atoms with Crippen molar-refractivity contribution < 1.29 is 9.53 Å². The summed E-state index contributed by atoms with van der Waals surface area (Å²) in [5, 5.41) is 2.88. The van der Waals surface area contributed by atoms with Crippen LogP contribution in [-0.4, -0.2) is 22.4 Å². The normalized spacial score (nSPS) is 10.3. The van der Waals surface area contributed by atoms with Crippen molar-refractivity contribution in [3.8, 4) is 11.6 Å². The topological polar surface area (TPSA) is 90.1 Å². The van der Waals surface area contributed by atoms with Crippen molar-refractivity contribution in [1.82, 2.24) is 9.97 Å². The molecule has 0 aliphatic carbocycles. The summed E-state index contributed by atoms with van der Waals surface area (Å²) >= 11 is 0. The lowest BCUT2D eigenvalue weighted by atomic mass is 10.1. The van der Waals surface area contributed by atoms with Crippen molar-refractivity contribution in [3.63, 3.8) is 0 Å². The van der Waals surface area contributed by atoms with E-state index in [1.165, 1.54) is 6.20 Å². The van der Waals surface area contributed by atoms with Gasteiger partial charge in [0.05, 0.1) is 6.20 Å². The van der Waals surface area contributed by atoms with Crippen molar-refractivity contribution in [2.24, 2.45) is 5.73 Å². The molecule has 1 aromatic heterocycles. The highest BCUT2D eigenvalue weighted by atomic mass is 16.5. The summed E-state index contributed by atoms with van der Waals surface area (Å²) in [5.74, 6) is 1.02. The first-order valence-electron chi connectivity index (χ1n) is 7.82. The number of carbonyl (C=O) groups is 1. The first-order valence-corrected chi connectivity index (χ1v) is 7.82. The van der Waals surface area contributed by atoms with Crippen molar-refractivity contribution in [2.75, 3.05) is 11.9 Å². The Morgan fingerprint density at radius 1 is 1.17 bits per heavy atom. The average Bonchev–Trinajstić information content (AvgIpc) is 2.56. The Balaban J connectivity index is 1.81. The van der Waals surface area contributed by atoms with Crippen LogP contribution < -0.4 is 15.8 Å². The Labute approximate surface area is 136 Å². The molecule has 1 heterocycles. The first-order chi connectivity index (χ1) is 11.3. The van der Waals surface area contributed by atoms with Gasteiger partial charge < -0.3 is 15.8 Å². The molecule has 0 saturated carbocycles. The van der Waals surface area contributed by atoms with Crippen LogP contribution in [-0.2, 0) is 4.79 Å². The van der Waals surface area contributed by atoms with E-state index >= 15 is 0 Å². The minimum atomic E-state index is 0.00870. The number of nitrogens with one attached hydrogen (secondary N) is 1. The van der Waals surface area contributed by atoms with Crippen molar-refractivity contribution in [1.29, 1.82) is 0 Å². The monoisotopic (exact) mass is 314 g/mol. The van der Waals surface area contributed by atoms with Crippen LogP contribution in [0.5, 0.6) is 11.6 Å². The van der Waals surface area contributed by atoms with Crippen LogP contribution in [0, 0.1) is 0 Å². The van der Waals surface area contributed by atoms with Gasteiger partial charge in [0.25, 0.3) is 0 Å². The summed E-state index contributed by atoms with van der Waals surface area (Å²) in [6, 6.07) is 7.22. The van der Waals surface area contributed by atoms with Crippen molar-refractivity contribution in [2.45, 2.75) is 32.1 Å². The molecule has 1 aromatic carbocycles. The van der Waals surface area contributed by atoms with Crippen LogP contribution >= 0.6 is 0 Å². The lowest BCUT2D eigenvalue weighted by Crippen LogP contribution is -2.11. The second-order valence-electron chi connectivity index (χ2n) is 5.17. The number of aromatic nitrogens is 2. The van der Waals surface area contributed by atoms with Gasteiger partial charge in [0.2, 0.25) is 11.8 Å². The summed E-state index contributed by atoms with van der Waals surface area (Å²) in [5.41, 5.74) is 6.15. The molecule has 2 aromatic rings. The van der Waals surface area contributed by atoms with Crippen LogP contribution in [0.15, 0.2) is 42.9 Å². The molecule has 0 bridgehead atoms. The largest absolute Gasteiger partial charge is 0.437 e. The Hall–Kier alpha value is -2.47. The first kappa shape index (κ1) is 16.9. The van der Waals surface area contributed by atoms with E-state index in [-0.39, 0.29) is 5.91 Å². The van der Waals surface area contributed by atoms with E-state index in [0.717, 1.165) is 25.7 Å². The highest BCUT2D eigenvalue weighted by molar-refractivity contribution is 5.90. The predicted molar refractivity (Wildman–Crippen MR) is 89.3 cm³/mol. The Bertz CT molecular complexity index is 605. The number of nitrogens with two attached hydrogens (primary N) is 1. The molecule has 0 atom stereocenters. The number of nitrogens with zero attached hydrogens (tertiary/aromatic N) is 2. The van der Waals surface area contributed by atoms with E-state index in [1.54, 1.807) is 24.5 Å². The maximum Gasteiger partial charge on any atom is 0.237 e. The number of hydrogen-bond donors (Lipinski definition) is 2. The zero-order valence-electron chi connectivity index (χ0n) is 13.1. The number of unbranched alkanes of at least 4 members (excludes halogenated alkanes) is 3. The molecular weight excluding hydrogens is 292 g/mol. The molecule has 0 aliphatic heterocycles. The van der Waals surface area contributed by atoms with E-state index in [1.807, 2.05) is 12.1 Å². The van der Waals surface area contributed by atoms with Gasteiger partial charge in [0, 0.05) is 30.6 Å². The number of rotatable bonds is 9. The minimum absolute atomic E-state index is 0.00870. The molecule has 0 unspecified atom stereocenters. The molecule has 6 nitrogen and oxygen atoms in total. The van der Waals surface area contributed by atoms with E-state index in [0.29, 0.717) is 30.3 Å². The van der Waals surface area contributed by atoms with Gasteiger partial charge in [-0.1, -0.05) is 18.9 Å². The molecule has 2 rings (SSSR count). The SMILES string of the molecule is NCCCCCCC(=O)Nc1cccc(Oc2cnccn2)c1. The molecule has 6 heteroatoms. The third kappa shape index (κ3) is 6.44. The number of ether oxygens (including phenoxy) is 1. The van der Waals surface area contributed by atoms with Gasteiger partial charge in [-0.25, -0.2) is 4.98 Å². The summed E-state index contributed by atoms with van der Waals surface area (Å²) in [6.07, 6.45) is 9.19. The van der Waals surface area contributed by atoms with Crippen LogP contribution in [0.2, 0.25) is 0 Å². The van der Waals surface area contributed by atoms with Crippen LogP contribution in [0.1, 0.15) is 32.1 Å². The number of hydrogen-bond acceptors (Lipinski definition) is 5. The van der Waals surface area contributed by atoms with Gasteiger partial charge in [0.15, 0.2) is 0 Å². The Morgan fingerprint density at radius 3 is 2.83 bits per heavy atom. The second-order valence-corrected chi connectivity index (χ2v) is 5.17. The van der Waals surface area contributed by atoms with E-state index in [4.69, 9.17) is 10.5 Å². The van der Waals surface area contributed by atoms with Gasteiger partial charge in [-0.2, -0.15) is 0 Å². The predicted octanol–water partition coefficient (Wildman–Crippen LogP) is 3.12. The van der Waals surface area contributed by atoms with Gasteiger partial charge in [-0.05, 0) is 31.5 Å². The zero-order chi connectivity index (χ0) is 16.3. The summed E-state index contributed by atoms with van der Waals surface area (Å²) in [6.45, 7) is 0.713. The highest BCUT2D eigenvalue weighted by Gasteiger charge is 2.04.